The Hall–Kier alpha value is -1.69. The first-order valence-corrected chi connectivity index (χ1v) is 7.50. The van der Waals surface area contributed by atoms with Crippen LogP contribution in [-0.4, -0.2) is 15.0 Å². The smallest absolute Gasteiger partial charge is 0.252 e. The lowest BCUT2D eigenvalue weighted by Gasteiger charge is -2.14. The predicted molar refractivity (Wildman–Crippen MR) is 82.6 cm³/mol. The first-order chi connectivity index (χ1) is 9.36. The number of aryl methyl sites for hydroxylation is 2. The highest BCUT2D eigenvalue weighted by molar-refractivity contribution is 7.11. The molecule has 5 nitrogen and oxygen atoms in total. The lowest BCUT2D eigenvalue weighted by Crippen LogP contribution is -2.16. The van der Waals surface area contributed by atoms with Crippen LogP contribution >= 0.6 is 11.3 Å². The van der Waals surface area contributed by atoms with E-state index in [-0.39, 0.29) is 17.5 Å². The molecular weight excluding hydrogens is 272 g/mol. The molecule has 20 heavy (non-hydrogen) atoms. The van der Waals surface area contributed by atoms with Crippen molar-refractivity contribution in [1.82, 2.24) is 15.0 Å². The minimum absolute atomic E-state index is 0.0792. The number of anilines is 1. The fourth-order valence-electron chi connectivity index (χ4n) is 2.06. The number of nitrogens with one attached hydrogen (secondary N) is 2. The summed E-state index contributed by atoms with van der Waals surface area (Å²) in [6.07, 6.45) is 0. The molecule has 0 aliphatic carbocycles. The zero-order chi connectivity index (χ0) is 14.9. The lowest BCUT2D eigenvalue weighted by atomic mass is 10.2. The maximum atomic E-state index is 11.7. The molecule has 0 amide bonds. The van der Waals surface area contributed by atoms with Crippen molar-refractivity contribution in [1.29, 1.82) is 0 Å². The average Bonchev–Trinajstić information content (AvgIpc) is 2.67. The third-order valence-electron chi connectivity index (χ3n) is 3.00. The van der Waals surface area contributed by atoms with Crippen molar-refractivity contribution in [3.8, 4) is 0 Å². The summed E-state index contributed by atoms with van der Waals surface area (Å²) in [7, 11) is 0. The Labute approximate surface area is 122 Å². The van der Waals surface area contributed by atoms with Gasteiger partial charge >= 0.3 is 0 Å². The zero-order valence-electron chi connectivity index (χ0n) is 12.4. The summed E-state index contributed by atoms with van der Waals surface area (Å²) in [5.74, 6) is 1.49. The Balaban J connectivity index is 2.25. The second-order valence-electron chi connectivity index (χ2n) is 5.22. The molecule has 1 unspecified atom stereocenters. The minimum atomic E-state index is -0.129. The van der Waals surface area contributed by atoms with E-state index in [2.05, 4.69) is 27.2 Å². The molecule has 2 rings (SSSR count). The Morgan fingerprint density at radius 3 is 2.50 bits per heavy atom. The van der Waals surface area contributed by atoms with Gasteiger partial charge in [0, 0.05) is 16.9 Å². The van der Waals surface area contributed by atoms with E-state index < -0.39 is 0 Å². The third-order valence-corrected chi connectivity index (χ3v) is 4.26. The minimum Gasteiger partial charge on any atom is -0.362 e. The summed E-state index contributed by atoms with van der Waals surface area (Å²) in [5.41, 5.74) is 0.900. The predicted octanol–water partition coefficient (Wildman–Crippen LogP) is 3.14. The quantitative estimate of drug-likeness (QED) is 0.908. The molecule has 0 radical (unpaired) electrons. The SMILES string of the molecule is Cc1nc(C)c(C(C)Nc2cc(=O)[nH]c(C(C)C)n2)s1. The van der Waals surface area contributed by atoms with Crippen molar-refractivity contribution >= 4 is 17.2 Å². The number of aromatic nitrogens is 3. The highest BCUT2D eigenvalue weighted by Gasteiger charge is 2.14. The molecule has 0 fully saturated rings. The standard InChI is InChI=1S/C14H20N4OS/c1-7(2)14-17-11(6-12(19)18-14)16-9(4)13-8(3)15-10(5)20-13/h6-7,9H,1-5H3,(H2,16,17,18,19). The van der Waals surface area contributed by atoms with E-state index in [9.17, 15) is 4.79 Å². The summed E-state index contributed by atoms with van der Waals surface area (Å²) in [5, 5.41) is 4.34. The molecule has 0 spiro atoms. The maximum absolute atomic E-state index is 11.7. The second kappa shape index (κ2) is 5.75. The van der Waals surface area contributed by atoms with Crippen LogP contribution in [-0.2, 0) is 0 Å². The number of aromatic amines is 1. The van der Waals surface area contributed by atoms with Gasteiger partial charge in [0.1, 0.15) is 11.6 Å². The van der Waals surface area contributed by atoms with Gasteiger partial charge in [0.25, 0.3) is 5.56 Å². The molecule has 0 saturated carbocycles. The number of rotatable bonds is 4. The summed E-state index contributed by atoms with van der Waals surface area (Å²) in [6, 6.07) is 1.57. The van der Waals surface area contributed by atoms with Gasteiger partial charge < -0.3 is 10.3 Å². The molecule has 0 aromatic carbocycles. The summed E-state index contributed by atoms with van der Waals surface area (Å²) in [4.78, 5) is 24.5. The Morgan fingerprint density at radius 1 is 1.25 bits per heavy atom. The molecule has 2 aromatic heterocycles. The topological polar surface area (TPSA) is 70.7 Å². The summed E-state index contributed by atoms with van der Waals surface area (Å²) in [6.45, 7) is 10.1. The second-order valence-corrected chi connectivity index (χ2v) is 6.45. The van der Waals surface area contributed by atoms with E-state index in [4.69, 9.17) is 0 Å². The van der Waals surface area contributed by atoms with Crippen molar-refractivity contribution < 1.29 is 0 Å². The largest absolute Gasteiger partial charge is 0.362 e. The first kappa shape index (κ1) is 14.7. The molecule has 0 saturated heterocycles. The van der Waals surface area contributed by atoms with Crippen molar-refractivity contribution in [2.75, 3.05) is 5.32 Å². The molecule has 2 N–H and O–H groups in total. The number of hydrogen-bond acceptors (Lipinski definition) is 5. The van der Waals surface area contributed by atoms with Gasteiger partial charge in [0.05, 0.1) is 16.7 Å². The normalized spacial score (nSPS) is 12.7. The monoisotopic (exact) mass is 292 g/mol. The van der Waals surface area contributed by atoms with E-state index in [0.29, 0.717) is 11.6 Å². The van der Waals surface area contributed by atoms with Gasteiger partial charge in [0.15, 0.2) is 0 Å². The molecule has 2 aromatic rings. The van der Waals surface area contributed by atoms with E-state index >= 15 is 0 Å². The summed E-state index contributed by atoms with van der Waals surface area (Å²) >= 11 is 1.67. The van der Waals surface area contributed by atoms with Crippen LogP contribution in [0.3, 0.4) is 0 Å². The van der Waals surface area contributed by atoms with E-state index in [1.807, 2.05) is 27.7 Å². The van der Waals surface area contributed by atoms with Crippen molar-refractivity contribution in [3.05, 3.63) is 37.8 Å². The molecule has 6 heteroatoms. The molecule has 0 aliphatic heterocycles. The van der Waals surface area contributed by atoms with Gasteiger partial charge in [-0.05, 0) is 20.8 Å². The van der Waals surface area contributed by atoms with Crippen LogP contribution in [0.2, 0.25) is 0 Å². The van der Waals surface area contributed by atoms with Crippen molar-refractivity contribution in [3.63, 3.8) is 0 Å². The first-order valence-electron chi connectivity index (χ1n) is 6.68. The van der Waals surface area contributed by atoms with Crippen LogP contribution in [0.5, 0.6) is 0 Å². The van der Waals surface area contributed by atoms with E-state index in [1.54, 1.807) is 11.3 Å². The fraction of sp³-hybridized carbons (Fsp3) is 0.500. The Morgan fingerprint density at radius 2 is 1.95 bits per heavy atom. The number of nitrogens with zero attached hydrogens (tertiary/aromatic N) is 2. The molecular formula is C14H20N4OS. The van der Waals surface area contributed by atoms with Crippen LogP contribution in [0.4, 0.5) is 5.82 Å². The van der Waals surface area contributed by atoms with Gasteiger partial charge in [-0.2, -0.15) is 0 Å². The van der Waals surface area contributed by atoms with Crippen LogP contribution in [0.15, 0.2) is 10.9 Å². The van der Waals surface area contributed by atoms with Crippen LogP contribution in [0.25, 0.3) is 0 Å². The van der Waals surface area contributed by atoms with Crippen molar-refractivity contribution in [2.24, 2.45) is 0 Å². The lowest BCUT2D eigenvalue weighted by molar-refractivity contribution is 0.761. The molecule has 0 bridgehead atoms. The van der Waals surface area contributed by atoms with Crippen LogP contribution < -0.4 is 10.9 Å². The fourth-order valence-corrected chi connectivity index (χ4v) is 2.99. The molecule has 2 heterocycles. The van der Waals surface area contributed by atoms with Crippen molar-refractivity contribution in [2.45, 2.75) is 46.6 Å². The maximum Gasteiger partial charge on any atom is 0.252 e. The van der Waals surface area contributed by atoms with E-state index in [0.717, 1.165) is 10.7 Å². The van der Waals surface area contributed by atoms with Crippen LogP contribution in [0, 0.1) is 13.8 Å². The number of thiazole rings is 1. The van der Waals surface area contributed by atoms with Gasteiger partial charge in [0.2, 0.25) is 0 Å². The van der Waals surface area contributed by atoms with Gasteiger partial charge in [-0.15, -0.1) is 11.3 Å². The molecule has 108 valence electrons. The van der Waals surface area contributed by atoms with E-state index in [1.165, 1.54) is 10.9 Å². The third kappa shape index (κ3) is 3.25. The highest BCUT2D eigenvalue weighted by Crippen LogP contribution is 2.26. The molecule has 0 aliphatic rings. The van der Waals surface area contributed by atoms with Gasteiger partial charge in [-0.1, -0.05) is 13.8 Å². The Bertz CT molecular complexity index is 659. The number of H-pyrrole nitrogens is 1. The highest BCUT2D eigenvalue weighted by atomic mass is 32.1. The van der Waals surface area contributed by atoms with Gasteiger partial charge in [-0.3, -0.25) is 4.79 Å². The van der Waals surface area contributed by atoms with Crippen LogP contribution in [0.1, 0.15) is 54.1 Å². The Kier molecular flexibility index (Phi) is 4.23. The zero-order valence-corrected chi connectivity index (χ0v) is 13.3. The average molecular weight is 292 g/mol. The summed E-state index contributed by atoms with van der Waals surface area (Å²) < 4.78 is 0. The number of hydrogen-bond donors (Lipinski definition) is 2. The molecule has 1 atom stereocenters. The van der Waals surface area contributed by atoms with Gasteiger partial charge in [-0.25, -0.2) is 9.97 Å².